The standard InChI is InChI=1S/C53H58.C49H56/c1-5-7-9-11-13-19-29-53(30-20-14-12-10-8-6-2)50-31-37(3)25-27-44(50)45-28-26-43(36-51(45)53)52-48-34-41-23-17-15-21-39(41)32-46(48)38(4)47-33-40-22-16-18-24-42(40)35-49(47)52;1-5-7-9-11-13-19-29-49(30-20-14-12-10-8-6-2)46-31-35(3)25-27-41(46)42-28-26-39(34-47(42)49)48-43-24-18-17-23-40(43)36(4)44-32-37-21-15-16-22-38(37)33-45(44)48/h15-18,21-28,31-36H,5-14,19-20,29-30H2,1-4H3;15-18,21-28,31-34H,5-14,19-20,29-30H2,1-4H3. The Labute approximate surface area is 612 Å². The summed E-state index contributed by atoms with van der Waals surface area (Å²) in [7, 11) is 0. The molecule has 0 bridgehead atoms. The van der Waals surface area contributed by atoms with Crippen molar-refractivity contribution in [2.24, 2.45) is 0 Å². The maximum Gasteiger partial charge on any atom is 0.0215 e. The van der Waals surface area contributed by atoms with Gasteiger partial charge in [0.2, 0.25) is 0 Å². The summed E-state index contributed by atoms with van der Waals surface area (Å²) in [5, 5.41) is 18.8. The third-order valence-corrected chi connectivity index (χ3v) is 24.7. The van der Waals surface area contributed by atoms with E-state index in [1.807, 2.05) is 0 Å². The Bertz CT molecular complexity index is 4990. The van der Waals surface area contributed by atoms with E-state index in [1.54, 1.807) is 22.3 Å². The molecule has 0 amide bonds. The fourth-order valence-corrected chi connectivity index (χ4v) is 19.2. The third-order valence-electron chi connectivity index (χ3n) is 24.7. The van der Waals surface area contributed by atoms with Crippen LogP contribution in [0.2, 0.25) is 0 Å². The van der Waals surface area contributed by atoms with Crippen molar-refractivity contribution in [2.75, 3.05) is 0 Å². The molecule has 0 nitrogen and oxygen atoms in total. The van der Waals surface area contributed by atoms with Crippen LogP contribution in [0.4, 0.5) is 0 Å². The van der Waals surface area contributed by atoms with Crippen LogP contribution in [0.5, 0.6) is 0 Å². The van der Waals surface area contributed by atoms with Crippen LogP contribution in [0.15, 0.2) is 206 Å². The second kappa shape index (κ2) is 32.1. The van der Waals surface area contributed by atoms with Crippen LogP contribution in [0.25, 0.3) is 120 Å². The van der Waals surface area contributed by atoms with Gasteiger partial charge in [0, 0.05) is 10.8 Å². The van der Waals surface area contributed by atoms with Crippen LogP contribution in [0.3, 0.4) is 0 Å². The number of hydrogen-bond acceptors (Lipinski definition) is 0. The Kier molecular flexibility index (Phi) is 22.3. The average Bonchev–Trinajstić information content (AvgIpc) is 1.46. The molecule has 0 fully saturated rings. The lowest BCUT2D eigenvalue weighted by atomic mass is 9.70. The molecule has 0 heteroatoms. The zero-order valence-corrected chi connectivity index (χ0v) is 63.4. The normalized spacial score (nSPS) is 13.4. The minimum atomic E-state index is 0.0535. The smallest absolute Gasteiger partial charge is 0.0215 e. The van der Waals surface area contributed by atoms with Gasteiger partial charge in [-0.2, -0.15) is 0 Å². The zero-order valence-electron chi connectivity index (χ0n) is 63.4. The molecule has 0 aliphatic heterocycles. The predicted octanol–water partition coefficient (Wildman–Crippen LogP) is 31.5. The van der Waals surface area contributed by atoms with Gasteiger partial charge in [0.15, 0.2) is 0 Å². The van der Waals surface area contributed by atoms with Gasteiger partial charge >= 0.3 is 0 Å². The van der Waals surface area contributed by atoms with Gasteiger partial charge in [-0.15, -0.1) is 0 Å². The number of aryl methyl sites for hydroxylation is 4. The first-order valence-electron chi connectivity index (χ1n) is 40.7. The van der Waals surface area contributed by atoms with E-state index in [1.165, 1.54) is 322 Å². The van der Waals surface area contributed by atoms with Crippen molar-refractivity contribution >= 4 is 75.4 Å². The van der Waals surface area contributed by atoms with Crippen molar-refractivity contribution in [1.82, 2.24) is 0 Å². The minimum Gasteiger partial charge on any atom is -0.0654 e. The molecule has 0 spiro atoms. The Hall–Kier alpha value is -8.32. The lowest BCUT2D eigenvalue weighted by Crippen LogP contribution is -2.25. The van der Waals surface area contributed by atoms with E-state index in [0.29, 0.717) is 0 Å². The predicted molar refractivity (Wildman–Crippen MR) is 450 cm³/mol. The molecule has 0 N–H and O–H groups in total. The van der Waals surface area contributed by atoms with E-state index >= 15 is 0 Å². The van der Waals surface area contributed by atoms with Crippen LogP contribution in [-0.4, -0.2) is 0 Å². The molecule has 0 saturated carbocycles. The SMILES string of the molecule is CCCCCCCCC1(CCCCCCCC)c2cc(C)ccc2-c2ccc(-c3c4cc5ccccc5cc4c(C)c4cc5ccccc5cc34)cc21.CCCCCCCCC1(CCCCCCCC)c2cc(C)ccc2-c2ccc(-c3c4ccccc4c(C)c4cc5ccccc5cc34)cc21. The highest BCUT2D eigenvalue weighted by molar-refractivity contribution is 6.21. The van der Waals surface area contributed by atoms with Gasteiger partial charge in [0.1, 0.15) is 0 Å². The first-order chi connectivity index (χ1) is 50.1. The highest BCUT2D eigenvalue weighted by Gasteiger charge is 2.44. The number of benzene rings is 13. The highest BCUT2D eigenvalue weighted by atomic mass is 14.5. The summed E-state index contributed by atoms with van der Waals surface area (Å²) in [5.74, 6) is 0. The van der Waals surface area contributed by atoms with Gasteiger partial charge in [-0.25, -0.2) is 0 Å². The summed E-state index contributed by atoms with van der Waals surface area (Å²) in [4.78, 5) is 0. The largest absolute Gasteiger partial charge is 0.0654 e. The summed E-state index contributed by atoms with van der Waals surface area (Å²) in [6.07, 6.45) is 37.2. The molecule has 15 rings (SSSR count). The monoisotopic (exact) mass is 1340 g/mol. The topological polar surface area (TPSA) is 0 Å². The number of unbranched alkanes of at least 4 members (excludes halogenated alkanes) is 20. The molecule has 102 heavy (non-hydrogen) atoms. The van der Waals surface area contributed by atoms with E-state index < -0.39 is 0 Å². The van der Waals surface area contributed by atoms with Crippen LogP contribution in [0, 0.1) is 27.7 Å². The first kappa shape index (κ1) is 70.7. The van der Waals surface area contributed by atoms with E-state index in [9.17, 15) is 0 Å². The fourth-order valence-electron chi connectivity index (χ4n) is 19.2. The third kappa shape index (κ3) is 14.0. The van der Waals surface area contributed by atoms with Gasteiger partial charge < -0.3 is 0 Å². The molecule has 0 atom stereocenters. The second-order valence-corrected chi connectivity index (χ2v) is 31.6. The Morgan fingerprint density at radius 3 is 0.804 bits per heavy atom. The van der Waals surface area contributed by atoms with Crippen molar-refractivity contribution in [3.8, 4) is 44.5 Å². The lowest BCUT2D eigenvalue weighted by Gasteiger charge is -2.33. The molecule has 13 aromatic carbocycles. The molecular weight excluding hydrogens is 1230 g/mol. The van der Waals surface area contributed by atoms with Crippen LogP contribution in [0.1, 0.15) is 252 Å². The summed E-state index contributed by atoms with van der Waals surface area (Å²) in [5.41, 5.74) is 23.5. The molecular formula is C102H114. The molecule has 0 heterocycles. The Morgan fingerprint density at radius 2 is 0.471 bits per heavy atom. The zero-order chi connectivity index (χ0) is 70.2. The number of hydrogen-bond donors (Lipinski definition) is 0. The second-order valence-electron chi connectivity index (χ2n) is 31.6. The number of rotatable bonds is 30. The van der Waals surface area contributed by atoms with Gasteiger partial charge in [0.05, 0.1) is 0 Å². The van der Waals surface area contributed by atoms with Crippen molar-refractivity contribution < 1.29 is 0 Å². The summed E-state index contributed by atoms with van der Waals surface area (Å²) in [6.45, 7) is 18.6. The van der Waals surface area contributed by atoms with E-state index in [0.717, 1.165) is 0 Å². The Morgan fingerprint density at radius 1 is 0.216 bits per heavy atom. The van der Waals surface area contributed by atoms with Crippen LogP contribution < -0.4 is 0 Å². The molecule has 0 radical (unpaired) electrons. The van der Waals surface area contributed by atoms with Crippen LogP contribution >= 0.6 is 0 Å². The van der Waals surface area contributed by atoms with E-state index in [2.05, 4.69) is 262 Å². The molecule has 522 valence electrons. The summed E-state index contributed by atoms with van der Waals surface area (Å²) in [6, 6.07) is 80.5. The molecule has 13 aromatic rings. The van der Waals surface area contributed by atoms with E-state index in [-0.39, 0.29) is 10.8 Å². The highest BCUT2D eigenvalue weighted by Crippen LogP contribution is 2.58. The summed E-state index contributed by atoms with van der Waals surface area (Å²) >= 11 is 0. The van der Waals surface area contributed by atoms with Gasteiger partial charge in [0.25, 0.3) is 0 Å². The minimum absolute atomic E-state index is 0.0535. The molecule has 2 aliphatic carbocycles. The molecule has 2 aliphatic rings. The van der Waals surface area contributed by atoms with Crippen LogP contribution in [-0.2, 0) is 10.8 Å². The Balaban J connectivity index is 0.000000173. The quantitative estimate of drug-likeness (QED) is 0.0311. The molecule has 0 unspecified atom stereocenters. The van der Waals surface area contributed by atoms with E-state index in [4.69, 9.17) is 0 Å². The number of fused-ring (bicyclic) bond motifs is 13. The van der Waals surface area contributed by atoms with Gasteiger partial charge in [-0.1, -0.05) is 351 Å². The lowest BCUT2D eigenvalue weighted by molar-refractivity contribution is 0.398. The first-order valence-corrected chi connectivity index (χ1v) is 40.7. The van der Waals surface area contributed by atoms with Crippen molar-refractivity contribution in [1.29, 1.82) is 0 Å². The molecule has 0 aromatic heterocycles. The van der Waals surface area contributed by atoms with Crippen molar-refractivity contribution in [3.05, 3.63) is 251 Å². The van der Waals surface area contributed by atoms with Gasteiger partial charge in [-0.05, 0) is 255 Å². The maximum atomic E-state index is 2.67. The van der Waals surface area contributed by atoms with Crippen molar-refractivity contribution in [2.45, 2.75) is 246 Å². The summed E-state index contributed by atoms with van der Waals surface area (Å²) < 4.78 is 0. The fraction of sp³-hybridized carbons (Fsp3) is 0.373. The average molecular weight is 1340 g/mol. The molecule has 0 saturated heterocycles. The van der Waals surface area contributed by atoms with Crippen molar-refractivity contribution in [3.63, 3.8) is 0 Å². The maximum absolute atomic E-state index is 2.67. The van der Waals surface area contributed by atoms with Gasteiger partial charge in [-0.3, -0.25) is 0 Å².